The third kappa shape index (κ3) is 2.87. The molecule has 5 nitrogen and oxygen atoms in total. The highest BCUT2D eigenvalue weighted by Crippen LogP contribution is 2.39. The molecule has 0 aliphatic carbocycles. The number of hydrogen-bond donors (Lipinski definition) is 2. The molecule has 0 saturated heterocycles. The predicted octanol–water partition coefficient (Wildman–Crippen LogP) is 2.11. The van der Waals surface area contributed by atoms with Gasteiger partial charge < -0.3 is 5.73 Å². The first kappa shape index (κ1) is 13.9. The zero-order valence-corrected chi connectivity index (χ0v) is 13.1. The van der Waals surface area contributed by atoms with Gasteiger partial charge in [0.2, 0.25) is 0 Å². The van der Waals surface area contributed by atoms with Crippen molar-refractivity contribution in [3.8, 4) is 0 Å². The molecule has 0 aliphatic heterocycles. The molecule has 3 N–H and O–H groups in total. The fourth-order valence-corrected chi connectivity index (χ4v) is 4.27. The van der Waals surface area contributed by atoms with Crippen molar-refractivity contribution in [1.29, 1.82) is 0 Å². The van der Waals surface area contributed by atoms with E-state index in [-0.39, 0.29) is 17.0 Å². The minimum Gasteiger partial charge on any atom is -0.327 e. The van der Waals surface area contributed by atoms with E-state index in [1.807, 2.05) is 12.3 Å². The van der Waals surface area contributed by atoms with Gasteiger partial charge in [0.25, 0.3) is 0 Å². The molecule has 2 rings (SSSR count). The number of rotatable bonds is 4. The maximum atomic E-state index is 11.3. The van der Waals surface area contributed by atoms with Crippen LogP contribution in [0, 0.1) is 0 Å². The second-order valence-corrected chi connectivity index (χ2v) is 6.90. The van der Waals surface area contributed by atoms with Crippen LogP contribution in [0.4, 0.5) is 0 Å². The van der Waals surface area contributed by atoms with E-state index in [0.717, 1.165) is 9.35 Å². The minimum absolute atomic E-state index is 0.0349. The van der Waals surface area contributed by atoms with Crippen molar-refractivity contribution in [3.05, 3.63) is 31.3 Å². The average molecular weight is 349 g/mol. The number of nitrogens with two attached hydrogens (primary N) is 1. The van der Waals surface area contributed by atoms with Gasteiger partial charge >= 0.3 is 5.69 Å². The second-order valence-electron chi connectivity index (χ2n) is 3.94. The van der Waals surface area contributed by atoms with E-state index in [9.17, 15) is 4.79 Å². The van der Waals surface area contributed by atoms with Crippen LogP contribution in [-0.2, 0) is 7.05 Å². The molecule has 2 heterocycles. The molecule has 0 bridgehead atoms. The van der Waals surface area contributed by atoms with Crippen molar-refractivity contribution in [2.24, 2.45) is 12.8 Å². The second kappa shape index (κ2) is 5.60. The maximum Gasteiger partial charge on any atom is 0.343 e. The van der Waals surface area contributed by atoms with Gasteiger partial charge in [-0.25, -0.2) is 9.89 Å². The molecule has 2 aromatic heterocycles. The average Bonchev–Trinajstić information content (AvgIpc) is 2.85. The minimum atomic E-state index is -0.215. The molecule has 18 heavy (non-hydrogen) atoms. The number of nitrogens with zero attached hydrogens (tertiary/aromatic N) is 2. The lowest BCUT2D eigenvalue weighted by Gasteiger charge is -2.17. The van der Waals surface area contributed by atoms with E-state index in [0.29, 0.717) is 5.16 Å². The zero-order chi connectivity index (χ0) is 13.3. The van der Waals surface area contributed by atoms with Crippen molar-refractivity contribution in [3.63, 3.8) is 0 Å². The van der Waals surface area contributed by atoms with Gasteiger partial charge in [-0.3, -0.25) is 4.57 Å². The summed E-state index contributed by atoms with van der Waals surface area (Å²) < 4.78 is 2.53. The van der Waals surface area contributed by atoms with Crippen molar-refractivity contribution < 1.29 is 0 Å². The topological polar surface area (TPSA) is 76.7 Å². The van der Waals surface area contributed by atoms with Crippen LogP contribution >= 0.6 is 39.0 Å². The van der Waals surface area contributed by atoms with Crippen molar-refractivity contribution in [2.75, 3.05) is 0 Å². The molecule has 0 aliphatic rings. The fraction of sp³-hybridized carbons (Fsp3) is 0.400. The summed E-state index contributed by atoms with van der Waals surface area (Å²) in [7, 11) is 1.69. The molecule has 2 aromatic rings. The first-order chi connectivity index (χ1) is 8.49. The number of hydrogen-bond acceptors (Lipinski definition) is 5. The molecule has 98 valence electrons. The number of aromatic nitrogens is 3. The Balaban J connectivity index is 2.27. The highest BCUT2D eigenvalue weighted by Gasteiger charge is 2.22. The molecule has 2 atom stereocenters. The maximum absolute atomic E-state index is 11.3. The van der Waals surface area contributed by atoms with Crippen LogP contribution in [0.3, 0.4) is 0 Å². The van der Waals surface area contributed by atoms with Crippen LogP contribution in [0.1, 0.15) is 17.1 Å². The summed E-state index contributed by atoms with van der Waals surface area (Å²) >= 11 is 6.58. The van der Waals surface area contributed by atoms with Crippen LogP contribution in [-0.4, -0.2) is 20.8 Å². The Kier molecular flexibility index (Phi) is 4.31. The number of aromatic amines is 1. The Morgan fingerprint density at radius 2 is 2.39 bits per heavy atom. The lowest BCUT2D eigenvalue weighted by molar-refractivity contribution is 0.713. The summed E-state index contributed by atoms with van der Waals surface area (Å²) in [6.07, 6.45) is 0. The zero-order valence-electron chi connectivity index (χ0n) is 9.88. The third-order valence-electron chi connectivity index (χ3n) is 2.42. The highest BCUT2D eigenvalue weighted by atomic mass is 79.9. The fourth-order valence-electron chi connectivity index (χ4n) is 1.45. The Morgan fingerprint density at radius 3 is 2.83 bits per heavy atom. The van der Waals surface area contributed by atoms with Crippen molar-refractivity contribution >= 4 is 39.0 Å². The summed E-state index contributed by atoms with van der Waals surface area (Å²) in [4.78, 5) is 12.5. The molecule has 0 aromatic carbocycles. The van der Waals surface area contributed by atoms with E-state index < -0.39 is 0 Å². The normalized spacial score (nSPS) is 14.7. The van der Waals surface area contributed by atoms with E-state index in [2.05, 4.69) is 32.2 Å². The highest BCUT2D eigenvalue weighted by molar-refractivity contribution is 9.10. The van der Waals surface area contributed by atoms with Gasteiger partial charge in [0.05, 0.1) is 5.25 Å². The van der Waals surface area contributed by atoms with Crippen LogP contribution in [0.2, 0.25) is 0 Å². The first-order valence-corrected chi connectivity index (χ1v) is 7.82. The van der Waals surface area contributed by atoms with Gasteiger partial charge in [-0.15, -0.1) is 16.4 Å². The number of halogens is 1. The van der Waals surface area contributed by atoms with Crippen LogP contribution < -0.4 is 11.4 Å². The van der Waals surface area contributed by atoms with E-state index in [1.54, 1.807) is 18.4 Å². The van der Waals surface area contributed by atoms with Crippen LogP contribution in [0.25, 0.3) is 0 Å². The lowest BCUT2D eigenvalue weighted by atomic mass is 10.2. The van der Waals surface area contributed by atoms with Gasteiger partial charge in [-0.05, 0) is 28.9 Å². The van der Waals surface area contributed by atoms with Gasteiger partial charge in [-0.2, -0.15) is 0 Å². The number of H-pyrrole nitrogens is 1. The number of thiophene rings is 1. The van der Waals surface area contributed by atoms with Gasteiger partial charge in [0.1, 0.15) is 0 Å². The molecular weight excluding hydrogens is 336 g/mol. The van der Waals surface area contributed by atoms with E-state index >= 15 is 0 Å². The summed E-state index contributed by atoms with van der Waals surface area (Å²) in [5, 5.41) is 9.17. The van der Waals surface area contributed by atoms with E-state index in [1.165, 1.54) is 16.3 Å². The molecule has 0 fully saturated rings. The van der Waals surface area contributed by atoms with Gasteiger partial charge in [0, 0.05) is 27.8 Å². The summed E-state index contributed by atoms with van der Waals surface area (Å²) in [6, 6.07) is 2.02. The van der Waals surface area contributed by atoms with Gasteiger partial charge in [-0.1, -0.05) is 11.8 Å². The first-order valence-electron chi connectivity index (χ1n) is 5.26. The van der Waals surface area contributed by atoms with E-state index in [4.69, 9.17) is 5.73 Å². The van der Waals surface area contributed by atoms with Crippen LogP contribution in [0.15, 0.2) is 25.9 Å². The molecule has 0 amide bonds. The Morgan fingerprint density at radius 1 is 1.67 bits per heavy atom. The molecule has 0 spiro atoms. The quantitative estimate of drug-likeness (QED) is 0.829. The van der Waals surface area contributed by atoms with Gasteiger partial charge in [0.15, 0.2) is 5.16 Å². The Labute approximate surface area is 121 Å². The van der Waals surface area contributed by atoms with Crippen LogP contribution in [0.5, 0.6) is 0 Å². The molecule has 0 radical (unpaired) electrons. The molecule has 0 saturated carbocycles. The molecular formula is C10H13BrN4OS2. The predicted molar refractivity (Wildman–Crippen MR) is 78.1 cm³/mol. The number of nitrogens with one attached hydrogen (secondary N) is 1. The Bertz CT molecular complexity index is 589. The van der Waals surface area contributed by atoms with Crippen molar-refractivity contribution in [2.45, 2.75) is 23.4 Å². The SMILES string of the molecule is CC(N)C(Sc1n[nH]c(=O)n1C)c1cc(Br)cs1. The smallest absolute Gasteiger partial charge is 0.327 e. The summed E-state index contributed by atoms with van der Waals surface area (Å²) in [5.41, 5.74) is 5.81. The number of thioether (sulfide) groups is 1. The molecule has 8 heteroatoms. The molecule has 2 unspecified atom stereocenters. The summed E-state index contributed by atoms with van der Waals surface area (Å²) in [6.45, 7) is 1.95. The van der Waals surface area contributed by atoms with Crippen molar-refractivity contribution in [1.82, 2.24) is 14.8 Å². The Hall–Kier alpha value is -0.570. The largest absolute Gasteiger partial charge is 0.343 e. The summed E-state index contributed by atoms with van der Waals surface area (Å²) in [5.74, 6) is 0. The standard InChI is InChI=1S/C10H13BrN4OS2/c1-5(12)8(7-3-6(11)4-17-7)18-10-14-13-9(16)15(10)2/h3-5,8H,12H2,1-2H3,(H,13,16). The monoisotopic (exact) mass is 348 g/mol. The third-order valence-corrected chi connectivity index (χ3v) is 5.86. The lowest BCUT2D eigenvalue weighted by Crippen LogP contribution is -2.22.